The molecule has 12 heteroatoms. The molecular formula is C19H33N7O4S. The Morgan fingerprint density at radius 2 is 1.97 bits per heavy atom. The maximum atomic E-state index is 10.2. The van der Waals surface area contributed by atoms with Gasteiger partial charge in [0.2, 0.25) is 0 Å². The topological polar surface area (TPSA) is 158 Å². The van der Waals surface area contributed by atoms with Crippen LogP contribution in [0, 0.1) is 0 Å². The molecule has 0 radical (unpaired) electrons. The fraction of sp³-hybridized carbons (Fsp3) is 0.737. The Kier molecular flexibility index (Phi) is 10.2. The minimum atomic E-state index is -0.961. The SMILES string of the molecule is CCCCNc1nc(SCCC)nc2c1nnn2[C@@H]1CC[C@@H](O)[C@H]1O.CCNC(=O)O. The van der Waals surface area contributed by atoms with E-state index >= 15 is 0 Å². The normalized spacial score (nSPS) is 20.4. The number of nitrogens with zero attached hydrogens (tertiary/aromatic N) is 5. The largest absolute Gasteiger partial charge is 0.465 e. The van der Waals surface area contributed by atoms with Gasteiger partial charge in [-0.25, -0.2) is 19.4 Å². The zero-order valence-corrected chi connectivity index (χ0v) is 19.1. The molecule has 174 valence electrons. The van der Waals surface area contributed by atoms with Gasteiger partial charge in [-0.1, -0.05) is 37.2 Å². The number of nitrogens with one attached hydrogen (secondary N) is 2. The lowest BCUT2D eigenvalue weighted by molar-refractivity contribution is 0.0215. The summed E-state index contributed by atoms with van der Waals surface area (Å²) < 4.78 is 1.65. The Bertz CT molecular complexity index is 835. The number of anilines is 1. The van der Waals surface area contributed by atoms with Crippen molar-refractivity contribution in [2.75, 3.05) is 24.2 Å². The van der Waals surface area contributed by atoms with Crippen molar-refractivity contribution in [1.82, 2.24) is 30.3 Å². The molecule has 5 N–H and O–H groups in total. The van der Waals surface area contributed by atoms with Crippen molar-refractivity contribution in [3.05, 3.63) is 0 Å². The number of aromatic nitrogens is 5. The molecule has 1 aliphatic carbocycles. The average Bonchev–Trinajstić information content (AvgIpc) is 3.30. The number of hydrogen-bond donors (Lipinski definition) is 5. The maximum absolute atomic E-state index is 10.2. The molecule has 3 atom stereocenters. The number of carboxylic acid groups (broad SMARTS) is 1. The molecule has 0 bridgehead atoms. The third kappa shape index (κ3) is 6.91. The molecule has 0 aliphatic heterocycles. The summed E-state index contributed by atoms with van der Waals surface area (Å²) in [6.45, 7) is 7.29. The Labute approximate surface area is 186 Å². The number of hydrogen-bond acceptors (Lipinski definition) is 9. The number of fused-ring (bicyclic) bond motifs is 1. The molecule has 3 rings (SSSR count). The van der Waals surface area contributed by atoms with E-state index in [0.29, 0.717) is 41.5 Å². The molecule has 0 unspecified atom stereocenters. The number of aliphatic hydroxyl groups is 2. The smallest absolute Gasteiger partial charge is 0.404 e. The van der Waals surface area contributed by atoms with Gasteiger partial charge in [-0.3, -0.25) is 0 Å². The molecule has 2 heterocycles. The van der Waals surface area contributed by atoms with E-state index in [2.05, 4.69) is 44.8 Å². The second-order valence-electron chi connectivity index (χ2n) is 7.23. The van der Waals surface area contributed by atoms with Gasteiger partial charge in [0.1, 0.15) is 6.10 Å². The summed E-state index contributed by atoms with van der Waals surface area (Å²) in [6.07, 6.45) is 1.86. The Morgan fingerprint density at radius 3 is 2.52 bits per heavy atom. The van der Waals surface area contributed by atoms with Crippen LogP contribution >= 0.6 is 11.8 Å². The number of carbonyl (C=O) groups is 1. The summed E-state index contributed by atoms with van der Waals surface area (Å²) >= 11 is 1.60. The average molecular weight is 456 g/mol. The number of aliphatic hydroxyl groups excluding tert-OH is 2. The van der Waals surface area contributed by atoms with Crippen LogP contribution in [0.2, 0.25) is 0 Å². The molecule has 1 saturated carbocycles. The van der Waals surface area contributed by atoms with E-state index in [-0.39, 0.29) is 6.04 Å². The van der Waals surface area contributed by atoms with E-state index in [9.17, 15) is 15.0 Å². The molecule has 1 amide bonds. The highest BCUT2D eigenvalue weighted by molar-refractivity contribution is 7.99. The second-order valence-corrected chi connectivity index (χ2v) is 8.29. The van der Waals surface area contributed by atoms with Crippen molar-refractivity contribution in [3.8, 4) is 0 Å². The van der Waals surface area contributed by atoms with Crippen LogP contribution in [-0.2, 0) is 0 Å². The fourth-order valence-corrected chi connectivity index (χ4v) is 3.85. The van der Waals surface area contributed by atoms with Crippen LogP contribution < -0.4 is 10.6 Å². The lowest BCUT2D eigenvalue weighted by Gasteiger charge is -2.16. The molecule has 0 saturated heterocycles. The standard InChI is InChI=1S/C16H26N6O2S.C3H7NO2/c1-3-5-8-17-14-12-15(19-16(18-14)25-9-4-2)22(21-20-12)10-6-7-11(23)13(10)24;1-2-4-3(5)6/h10-11,13,23-24H,3-9H2,1-2H3,(H,17,18,19);4H,2H2,1H3,(H,5,6)/t10-,11-,13+;/m1./s1. The molecule has 0 aromatic carbocycles. The van der Waals surface area contributed by atoms with Gasteiger partial charge < -0.3 is 26.0 Å². The first-order chi connectivity index (χ1) is 14.9. The number of unbranched alkanes of at least 4 members (excludes halogenated alkanes) is 1. The quantitative estimate of drug-likeness (QED) is 0.216. The summed E-state index contributed by atoms with van der Waals surface area (Å²) in [7, 11) is 0. The van der Waals surface area contributed by atoms with Gasteiger partial charge in [0, 0.05) is 18.8 Å². The molecule has 1 fully saturated rings. The van der Waals surface area contributed by atoms with Crippen LogP contribution in [0.25, 0.3) is 11.2 Å². The predicted octanol–water partition coefficient (Wildman–Crippen LogP) is 2.27. The van der Waals surface area contributed by atoms with E-state index in [1.807, 2.05) is 0 Å². The van der Waals surface area contributed by atoms with Crippen molar-refractivity contribution >= 4 is 34.8 Å². The summed E-state index contributed by atoms with van der Waals surface area (Å²) in [4.78, 5) is 18.7. The van der Waals surface area contributed by atoms with Gasteiger partial charge in [0.05, 0.1) is 12.1 Å². The molecule has 2 aromatic heterocycles. The van der Waals surface area contributed by atoms with Crippen molar-refractivity contribution in [1.29, 1.82) is 0 Å². The first-order valence-corrected chi connectivity index (χ1v) is 11.7. The van der Waals surface area contributed by atoms with Crippen molar-refractivity contribution < 1.29 is 20.1 Å². The van der Waals surface area contributed by atoms with E-state index < -0.39 is 18.3 Å². The number of rotatable bonds is 9. The zero-order valence-electron chi connectivity index (χ0n) is 18.3. The highest BCUT2D eigenvalue weighted by Crippen LogP contribution is 2.33. The molecule has 1 aliphatic rings. The minimum absolute atomic E-state index is 0.303. The highest BCUT2D eigenvalue weighted by Gasteiger charge is 2.36. The maximum Gasteiger partial charge on any atom is 0.404 e. The molecule has 31 heavy (non-hydrogen) atoms. The van der Waals surface area contributed by atoms with Crippen LogP contribution in [-0.4, -0.2) is 77.4 Å². The van der Waals surface area contributed by atoms with Gasteiger partial charge >= 0.3 is 6.09 Å². The Hall–Kier alpha value is -2.18. The van der Waals surface area contributed by atoms with Gasteiger partial charge in [-0.05, 0) is 32.6 Å². The third-order valence-electron chi connectivity index (χ3n) is 4.75. The van der Waals surface area contributed by atoms with E-state index in [1.165, 1.54) is 0 Å². The lowest BCUT2D eigenvalue weighted by Crippen LogP contribution is -2.28. The van der Waals surface area contributed by atoms with Gasteiger partial charge in [-0.15, -0.1) is 5.10 Å². The van der Waals surface area contributed by atoms with Crippen molar-refractivity contribution in [2.24, 2.45) is 0 Å². The summed E-state index contributed by atoms with van der Waals surface area (Å²) in [5.41, 5.74) is 1.23. The van der Waals surface area contributed by atoms with Crippen LogP contribution in [0.5, 0.6) is 0 Å². The van der Waals surface area contributed by atoms with Crippen LogP contribution in [0.3, 0.4) is 0 Å². The monoisotopic (exact) mass is 455 g/mol. The van der Waals surface area contributed by atoms with E-state index in [0.717, 1.165) is 31.6 Å². The Morgan fingerprint density at radius 1 is 1.19 bits per heavy atom. The highest BCUT2D eigenvalue weighted by atomic mass is 32.2. The van der Waals surface area contributed by atoms with Gasteiger partial charge in [0.15, 0.2) is 22.1 Å². The summed E-state index contributed by atoms with van der Waals surface area (Å²) in [5.74, 6) is 1.63. The zero-order chi connectivity index (χ0) is 22.8. The fourth-order valence-electron chi connectivity index (χ4n) is 3.16. The molecule has 2 aromatic rings. The van der Waals surface area contributed by atoms with Gasteiger partial charge in [0.25, 0.3) is 0 Å². The van der Waals surface area contributed by atoms with Crippen LogP contribution in [0.15, 0.2) is 5.16 Å². The van der Waals surface area contributed by atoms with Crippen molar-refractivity contribution in [2.45, 2.75) is 76.3 Å². The van der Waals surface area contributed by atoms with E-state index in [4.69, 9.17) is 5.11 Å². The summed E-state index contributed by atoms with van der Waals surface area (Å²) in [5, 5.41) is 42.5. The summed E-state index contributed by atoms with van der Waals surface area (Å²) in [6, 6.07) is -0.303. The van der Waals surface area contributed by atoms with Crippen molar-refractivity contribution in [3.63, 3.8) is 0 Å². The molecule has 11 nitrogen and oxygen atoms in total. The molecule has 0 spiro atoms. The number of thioether (sulfide) groups is 1. The Balaban J connectivity index is 0.000000501. The minimum Gasteiger partial charge on any atom is -0.465 e. The first-order valence-electron chi connectivity index (χ1n) is 10.7. The first kappa shape index (κ1) is 25.1. The van der Waals surface area contributed by atoms with Crippen LogP contribution in [0.1, 0.15) is 58.9 Å². The van der Waals surface area contributed by atoms with Gasteiger partial charge in [-0.2, -0.15) is 0 Å². The lowest BCUT2D eigenvalue weighted by atomic mass is 10.2. The predicted molar refractivity (Wildman–Crippen MR) is 120 cm³/mol. The van der Waals surface area contributed by atoms with E-state index in [1.54, 1.807) is 23.4 Å². The molecular weight excluding hydrogens is 422 g/mol. The third-order valence-corrected chi connectivity index (χ3v) is 5.80. The van der Waals surface area contributed by atoms with Crippen LogP contribution in [0.4, 0.5) is 10.6 Å². The number of amides is 1. The second kappa shape index (κ2) is 12.6.